The number of hydrogen-bond donors (Lipinski definition) is 2. The second-order valence-electron chi connectivity index (χ2n) is 6.17. The SMILES string of the molecule is CC1(C)C[C@](c2ccccc2)([C@@H](CN)CO)CCO1. The lowest BCUT2D eigenvalue weighted by Gasteiger charge is -2.49. The van der Waals surface area contributed by atoms with E-state index in [1.54, 1.807) is 0 Å². The molecule has 19 heavy (non-hydrogen) atoms. The lowest BCUT2D eigenvalue weighted by atomic mass is 9.62. The Balaban J connectivity index is 2.44. The molecule has 0 unspecified atom stereocenters. The Morgan fingerprint density at radius 1 is 1.32 bits per heavy atom. The highest BCUT2D eigenvalue weighted by Gasteiger charge is 2.46. The maximum atomic E-state index is 9.75. The van der Waals surface area contributed by atoms with Gasteiger partial charge in [-0.2, -0.15) is 0 Å². The fraction of sp³-hybridized carbons (Fsp3) is 0.625. The van der Waals surface area contributed by atoms with Gasteiger partial charge >= 0.3 is 0 Å². The molecule has 0 amide bonds. The van der Waals surface area contributed by atoms with Crippen LogP contribution in [-0.4, -0.2) is 30.5 Å². The van der Waals surface area contributed by atoms with Gasteiger partial charge in [0.1, 0.15) is 0 Å². The summed E-state index contributed by atoms with van der Waals surface area (Å²) in [6.07, 6.45) is 1.81. The van der Waals surface area contributed by atoms with Gasteiger partial charge in [-0.25, -0.2) is 0 Å². The van der Waals surface area contributed by atoms with Gasteiger partial charge in [-0.3, -0.25) is 0 Å². The zero-order chi connectivity index (χ0) is 13.9. The van der Waals surface area contributed by atoms with Crippen molar-refractivity contribution in [2.24, 2.45) is 11.7 Å². The predicted octanol–water partition coefficient (Wildman–Crippen LogP) is 2.08. The molecule has 1 aromatic rings. The van der Waals surface area contributed by atoms with E-state index in [4.69, 9.17) is 10.5 Å². The van der Waals surface area contributed by atoms with Crippen LogP contribution in [-0.2, 0) is 10.2 Å². The number of aliphatic hydroxyl groups excluding tert-OH is 1. The minimum absolute atomic E-state index is 0.0769. The minimum Gasteiger partial charge on any atom is -0.396 e. The molecule has 2 atom stereocenters. The number of hydrogen-bond acceptors (Lipinski definition) is 3. The van der Waals surface area contributed by atoms with E-state index in [0.717, 1.165) is 19.4 Å². The van der Waals surface area contributed by atoms with Gasteiger partial charge in [0.15, 0.2) is 0 Å². The van der Waals surface area contributed by atoms with Gasteiger partial charge in [0.2, 0.25) is 0 Å². The molecule has 1 aromatic carbocycles. The first kappa shape index (κ1) is 14.5. The largest absolute Gasteiger partial charge is 0.396 e. The molecule has 2 rings (SSSR count). The Labute approximate surface area is 115 Å². The van der Waals surface area contributed by atoms with E-state index in [0.29, 0.717) is 6.54 Å². The third-order valence-electron chi connectivity index (χ3n) is 4.42. The Bertz CT molecular complexity index is 400. The van der Waals surface area contributed by atoms with E-state index < -0.39 is 0 Å². The molecule has 106 valence electrons. The van der Waals surface area contributed by atoms with Crippen molar-refractivity contribution in [3.05, 3.63) is 35.9 Å². The topological polar surface area (TPSA) is 55.5 Å². The van der Waals surface area contributed by atoms with Crippen molar-refractivity contribution in [2.45, 2.75) is 37.7 Å². The van der Waals surface area contributed by atoms with Crippen LogP contribution < -0.4 is 5.73 Å². The molecule has 0 aromatic heterocycles. The second kappa shape index (κ2) is 5.61. The Morgan fingerprint density at radius 3 is 2.53 bits per heavy atom. The number of nitrogens with two attached hydrogens (primary N) is 1. The van der Waals surface area contributed by atoms with Gasteiger partial charge in [0, 0.05) is 24.5 Å². The van der Waals surface area contributed by atoms with Crippen LogP contribution in [0.15, 0.2) is 30.3 Å². The number of aliphatic hydroxyl groups is 1. The fourth-order valence-electron chi connectivity index (χ4n) is 3.48. The van der Waals surface area contributed by atoms with Crippen LogP contribution >= 0.6 is 0 Å². The molecule has 3 N–H and O–H groups in total. The smallest absolute Gasteiger partial charge is 0.0635 e. The van der Waals surface area contributed by atoms with Crippen molar-refractivity contribution in [1.29, 1.82) is 0 Å². The molecule has 0 aliphatic carbocycles. The number of rotatable bonds is 4. The van der Waals surface area contributed by atoms with Crippen LogP contribution in [0.2, 0.25) is 0 Å². The lowest BCUT2D eigenvalue weighted by Crippen LogP contribution is -2.51. The molecule has 0 saturated carbocycles. The summed E-state index contributed by atoms with van der Waals surface area (Å²) in [5.41, 5.74) is 6.95. The van der Waals surface area contributed by atoms with Crippen molar-refractivity contribution < 1.29 is 9.84 Å². The van der Waals surface area contributed by atoms with E-state index in [-0.39, 0.29) is 23.5 Å². The summed E-state index contributed by atoms with van der Waals surface area (Å²) in [6.45, 7) is 5.59. The molecule has 1 aliphatic heterocycles. The van der Waals surface area contributed by atoms with Gasteiger partial charge in [-0.05, 0) is 38.8 Å². The summed E-state index contributed by atoms with van der Waals surface area (Å²) in [5, 5.41) is 9.75. The molecule has 1 heterocycles. The van der Waals surface area contributed by atoms with Crippen molar-refractivity contribution in [3.63, 3.8) is 0 Å². The molecule has 0 radical (unpaired) electrons. The Hall–Kier alpha value is -0.900. The van der Waals surface area contributed by atoms with Gasteiger partial charge in [0.05, 0.1) is 5.60 Å². The number of benzene rings is 1. The number of ether oxygens (including phenoxy) is 1. The van der Waals surface area contributed by atoms with Crippen molar-refractivity contribution in [1.82, 2.24) is 0 Å². The zero-order valence-corrected chi connectivity index (χ0v) is 11.9. The Kier molecular flexibility index (Phi) is 4.29. The molecule has 0 spiro atoms. The standard InChI is InChI=1S/C16H25NO2/c1-15(2)12-16(8-9-19-15,14(10-17)11-18)13-6-4-3-5-7-13/h3-7,14,18H,8-12,17H2,1-2H3/t14-,16+/m0/s1. The van der Waals surface area contributed by atoms with Crippen LogP contribution in [0.5, 0.6) is 0 Å². The third kappa shape index (κ3) is 2.83. The summed E-state index contributed by atoms with van der Waals surface area (Å²) in [7, 11) is 0. The monoisotopic (exact) mass is 263 g/mol. The van der Waals surface area contributed by atoms with Crippen LogP contribution in [0.25, 0.3) is 0 Å². The van der Waals surface area contributed by atoms with Gasteiger partial charge in [0.25, 0.3) is 0 Å². The highest BCUT2D eigenvalue weighted by molar-refractivity contribution is 5.28. The highest BCUT2D eigenvalue weighted by Crippen LogP contribution is 2.46. The van der Waals surface area contributed by atoms with Crippen LogP contribution in [0.1, 0.15) is 32.3 Å². The first-order valence-electron chi connectivity index (χ1n) is 7.04. The van der Waals surface area contributed by atoms with Gasteiger partial charge < -0.3 is 15.6 Å². The first-order chi connectivity index (χ1) is 9.04. The fourth-order valence-corrected chi connectivity index (χ4v) is 3.48. The van der Waals surface area contributed by atoms with Crippen molar-refractivity contribution in [2.75, 3.05) is 19.8 Å². The van der Waals surface area contributed by atoms with E-state index >= 15 is 0 Å². The molecular formula is C16H25NO2. The Morgan fingerprint density at radius 2 is 2.00 bits per heavy atom. The van der Waals surface area contributed by atoms with Crippen LogP contribution in [0, 0.1) is 5.92 Å². The van der Waals surface area contributed by atoms with E-state index in [9.17, 15) is 5.11 Å². The molecular weight excluding hydrogens is 238 g/mol. The molecule has 1 fully saturated rings. The molecule has 1 aliphatic rings. The van der Waals surface area contributed by atoms with Crippen molar-refractivity contribution >= 4 is 0 Å². The molecule has 3 nitrogen and oxygen atoms in total. The average Bonchev–Trinajstić information content (AvgIpc) is 2.40. The summed E-state index contributed by atoms with van der Waals surface area (Å²) in [4.78, 5) is 0. The summed E-state index contributed by atoms with van der Waals surface area (Å²) in [6, 6.07) is 10.5. The zero-order valence-electron chi connectivity index (χ0n) is 11.9. The quantitative estimate of drug-likeness (QED) is 0.874. The van der Waals surface area contributed by atoms with E-state index in [2.05, 4.69) is 38.1 Å². The predicted molar refractivity (Wildman–Crippen MR) is 77.0 cm³/mol. The molecule has 1 saturated heterocycles. The van der Waals surface area contributed by atoms with Gasteiger partial charge in [-0.1, -0.05) is 30.3 Å². The summed E-state index contributed by atoms with van der Waals surface area (Å²) < 4.78 is 5.86. The lowest BCUT2D eigenvalue weighted by molar-refractivity contribution is -0.0983. The van der Waals surface area contributed by atoms with Gasteiger partial charge in [-0.15, -0.1) is 0 Å². The maximum Gasteiger partial charge on any atom is 0.0635 e. The minimum atomic E-state index is -0.170. The average molecular weight is 263 g/mol. The highest BCUT2D eigenvalue weighted by atomic mass is 16.5. The summed E-state index contributed by atoms with van der Waals surface area (Å²) in [5.74, 6) is 0.0816. The van der Waals surface area contributed by atoms with E-state index in [1.807, 2.05) is 6.07 Å². The maximum absolute atomic E-state index is 9.75. The van der Waals surface area contributed by atoms with Crippen LogP contribution in [0.4, 0.5) is 0 Å². The second-order valence-corrected chi connectivity index (χ2v) is 6.17. The normalized spacial score (nSPS) is 28.0. The van der Waals surface area contributed by atoms with Crippen LogP contribution in [0.3, 0.4) is 0 Å². The van der Waals surface area contributed by atoms with E-state index in [1.165, 1.54) is 5.56 Å². The molecule has 0 bridgehead atoms. The first-order valence-corrected chi connectivity index (χ1v) is 7.04. The summed E-state index contributed by atoms with van der Waals surface area (Å²) >= 11 is 0. The third-order valence-corrected chi connectivity index (χ3v) is 4.42. The molecule has 3 heteroatoms. The van der Waals surface area contributed by atoms with Crippen molar-refractivity contribution in [3.8, 4) is 0 Å².